The Morgan fingerprint density at radius 3 is 2.18 bits per heavy atom. The third kappa shape index (κ3) is 5.87. The molecule has 1 unspecified atom stereocenters. The molecule has 0 amide bonds. The van der Waals surface area contributed by atoms with Crippen molar-refractivity contribution in [2.75, 3.05) is 47.8 Å². The average molecular weight is 422 g/mol. The van der Waals surface area contributed by atoms with Gasteiger partial charge in [0.2, 0.25) is 0 Å². The van der Waals surface area contributed by atoms with E-state index in [0.29, 0.717) is 6.04 Å². The second kappa shape index (κ2) is 9.96. The van der Waals surface area contributed by atoms with Crippen molar-refractivity contribution in [3.63, 3.8) is 0 Å². The van der Waals surface area contributed by atoms with E-state index in [-0.39, 0.29) is 24.0 Å². The van der Waals surface area contributed by atoms with E-state index in [1.165, 1.54) is 58.0 Å². The van der Waals surface area contributed by atoms with Crippen molar-refractivity contribution in [1.29, 1.82) is 0 Å². The largest absolute Gasteiger partial charge is 0.349 e. The van der Waals surface area contributed by atoms with E-state index in [9.17, 15) is 0 Å². The van der Waals surface area contributed by atoms with Crippen LogP contribution in [0.3, 0.4) is 0 Å². The Balaban J connectivity index is 0.00000242. The maximum absolute atomic E-state index is 4.87. The predicted molar refractivity (Wildman–Crippen MR) is 106 cm³/mol. The fourth-order valence-electron chi connectivity index (χ4n) is 3.91. The predicted octanol–water partition coefficient (Wildman–Crippen LogP) is 3.13. The molecule has 5 heteroatoms. The zero-order valence-corrected chi connectivity index (χ0v) is 17.3. The lowest BCUT2D eigenvalue weighted by atomic mass is 9.89. The minimum absolute atomic E-state index is 0. The molecule has 1 saturated carbocycles. The van der Waals surface area contributed by atoms with Crippen LogP contribution in [0.25, 0.3) is 0 Å². The number of nitrogens with zero attached hydrogens (tertiary/aromatic N) is 4. The van der Waals surface area contributed by atoms with Gasteiger partial charge in [0.25, 0.3) is 0 Å². The number of guanidine groups is 1. The molecule has 130 valence electrons. The van der Waals surface area contributed by atoms with Crippen LogP contribution in [0, 0.1) is 5.92 Å². The highest BCUT2D eigenvalue weighted by atomic mass is 127. The summed E-state index contributed by atoms with van der Waals surface area (Å²) >= 11 is 0. The summed E-state index contributed by atoms with van der Waals surface area (Å²) in [4.78, 5) is 11.8. The molecule has 0 N–H and O–H groups in total. The Morgan fingerprint density at radius 2 is 1.59 bits per heavy atom. The van der Waals surface area contributed by atoms with Gasteiger partial charge in [0.05, 0.1) is 6.54 Å². The second-order valence-corrected chi connectivity index (χ2v) is 7.22. The number of aliphatic imine (C=N–C) groups is 1. The normalized spacial score (nSPS) is 23.0. The van der Waals surface area contributed by atoms with E-state index in [2.05, 4.69) is 42.9 Å². The van der Waals surface area contributed by atoms with E-state index in [4.69, 9.17) is 4.99 Å². The first-order chi connectivity index (χ1) is 10.1. The van der Waals surface area contributed by atoms with Gasteiger partial charge in [-0.3, -0.25) is 9.89 Å². The highest BCUT2D eigenvalue weighted by molar-refractivity contribution is 14.0. The molecule has 4 nitrogen and oxygen atoms in total. The first-order valence-electron chi connectivity index (χ1n) is 8.71. The topological polar surface area (TPSA) is 22.1 Å². The quantitative estimate of drug-likeness (QED) is 0.395. The van der Waals surface area contributed by atoms with Gasteiger partial charge in [-0.1, -0.05) is 19.3 Å². The van der Waals surface area contributed by atoms with E-state index in [1.54, 1.807) is 0 Å². The minimum Gasteiger partial charge on any atom is -0.349 e. The van der Waals surface area contributed by atoms with Gasteiger partial charge in [0, 0.05) is 40.8 Å². The summed E-state index contributed by atoms with van der Waals surface area (Å²) in [6.45, 7) is 3.56. The van der Waals surface area contributed by atoms with E-state index in [1.807, 2.05) is 0 Å². The fourth-order valence-corrected chi connectivity index (χ4v) is 3.91. The molecule has 1 aliphatic carbocycles. The molecule has 1 saturated heterocycles. The Bertz CT molecular complexity index is 328. The molecule has 22 heavy (non-hydrogen) atoms. The number of halogens is 1. The standard InChI is InChI=1S/C17H34N4.HI/c1-19(2)17(20(3)4)18-13-16-11-8-12-21(16)14-15-9-6-5-7-10-15;/h15-16H,5-14H2,1-4H3;1H. The van der Waals surface area contributed by atoms with Crippen LogP contribution in [0.2, 0.25) is 0 Å². The number of hydrogen-bond donors (Lipinski definition) is 0. The van der Waals surface area contributed by atoms with Gasteiger partial charge in [-0.15, -0.1) is 24.0 Å². The summed E-state index contributed by atoms with van der Waals surface area (Å²) < 4.78 is 0. The molecule has 0 bridgehead atoms. The van der Waals surface area contributed by atoms with Crippen molar-refractivity contribution in [2.24, 2.45) is 10.9 Å². The van der Waals surface area contributed by atoms with Gasteiger partial charge in [-0.25, -0.2) is 0 Å². The molecule has 0 aromatic rings. The lowest BCUT2D eigenvalue weighted by molar-refractivity contribution is 0.190. The lowest BCUT2D eigenvalue weighted by Gasteiger charge is -2.31. The zero-order valence-electron chi connectivity index (χ0n) is 14.9. The smallest absolute Gasteiger partial charge is 0.195 e. The minimum atomic E-state index is 0. The van der Waals surface area contributed by atoms with Gasteiger partial charge in [0.1, 0.15) is 0 Å². The summed E-state index contributed by atoms with van der Waals surface area (Å²) in [6.07, 6.45) is 9.94. The molecule has 1 heterocycles. The molecular formula is C17H35IN4. The van der Waals surface area contributed by atoms with Crippen LogP contribution in [-0.2, 0) is 0 Å². The Labute approximate surface area is 154 Å². The number of hydrogen-bond acceptors (Lipinski definition) is 2. The molecule has 2 fully saturated rings. The molecule has 1 atom stereocenters. The molecule has 1 aliphatic heterocycles. The van der Waals surface area contributed by atoms with Gasteiger partial charge in [-0.2, -0.15) is 0 Å². The van der Waals surface area contributed by atoms with E-state index >= 15 is 0 Å². The van der Waals surface area contributed by atoms with Crippen LogP contribution in [0.15, 0.2) is 4.99 Å². The first kappa shape index (κ1) is 20.0. The third-order valence-corrected chi connectivity index (χ3v) is 4.96. The fraction of sp³-hybridized carbons (Fsp3) is 0.941. The molecule has 0 aromatic carbocycles. The summed E-state index contributed by atoms with van der Waals surface area (Å²) in [7, 11) is 8.31. The van der Waals surface area contributed by atoms with Crippen molar-refractivity contribution in [1.82, 2.24) is 14.7 Å². The molecule has 0 radical (unpaired) electrons. The SMILES string of the molecule is CN(C)C(=NCC1CCCN1CC1CCCCC1)N(C)C.I. The monoisotopic (exact) mass is 422 g/mol. The average Bonchev–Trinajstić information content (AvgIpc) is 2.87. The van der Waals surface area contributed by atoms with Crippen LogP contribution < -0.4 is 0 Å². The molecule has 2 aliphatic rings. The van der Waals surface area contributed by atoms with Gasteiger partial charge < -0.3 is 9.80 Å². The van der Waals surface area contributed by atoms with E-state index < -0.39 is 0 Å². The van der Waals surface area contributed by atoms with Crippen LogP contribution in [0.4, 0.5) is 0 Å². The number of likely N-dealkylation sites (tertiary alicyclic amines) is 1. The summed E-state index contributed by atoms with van der Waals surface area (Å²) in [5, 5.41) is 0. The summed E-state index contributed by atoms with van der Waals surface area (Å²) in [6, 6.07) is 0.668. The number of rotatable bonds is 4. The van der Waals surface area contributed by atoms with Gasteiger partial charge in [0.15, 0.2) is 5.96 Å². The first-order valence-corrected chi connectivity index (χ1v) is 8.71. The highest BCUT2D eigenvalue weighted by Crippen LogP contribution is 2.27. The van der Waals surface area contributed by atoms with Crippen LogP contribution in [0.5, 0.6) is 0 Å². The highest BCUT2D eigenvalue weighted by Gasteiger charge is 2.27. The molecule has 0 aromatic heterocycles. The maximum atomic E-state index is 4.87. The van der Waals surface area contributed by atoms with Crippen molar-refractivity contribution >= 4 is 29.9 Å². The summed E-state index contributed by atoms with van der Waals surface area (Å²) in [5.74, 6) is 2.03. The van der Waals surface area contributed by atoms with E-state index in [0.717, 1.165) is 18.4 Å². The zero-order chi connectivity index (χ0) is 15.2. The second-order valence-electron chi connectivity index (χ2n) is 7.22. The van der Waals surface area contributed by atoms with Gasteiger partial charge >= 0.3 is 0 Å². The Kier molecular flexibility index (Phi) is 9.05. The lowest BCUT2D eigenvalue weighted by Crippen LogP contribution is -2.39. The maximum Gasteiger partial charge on any atom is 0.195 e. The van der Waals surface area contributed by atoms with Gasteiger partial charge in [-0.05, 0) is 38.1 Å². The van der Waals surface area contributed by atoms with Crippen molar-refractivity contribution in [2.45, 2.75) is 51.0 Å². The van der Waals surface area contributed by atoms with Crippen LogP contribution >= 0.6 is 24.0 Å². The molecule has 0 spiro atoms. The van der Waals surface area contributed by atoms with Crippen LogP contribution in [0.1, 0.15) is 44.9 Å². The Morgan fingerprint density at radius 1 is 0.955 bits per heavy atom. The molecular weight excluding hydrogens is 387 g/mol. The van der Waals surface area contributed by atoms with Crippen molar-refractivity contribution < 1.29 is 0 Å². The summed E-state index contributed by atoms with van der Waals surface area (Å²) in [5.41, 5.74) is 0. The molecule has 2 rings (SSSR count). The Hall–Kier alpha value is -0.0400. The van der Waals surface area contributed by atoms with Crippen LogP contribution in [-0.4, -0.2) is 74.5 Å². The third-order valence-electron chi connectivity index (χ3n) is 4.96. The van der Waals surface area contributed by atoms with Crippen molar-refractivity contribution in [3.8, 4) is 0 Å². The van der Waals surface area contributed by atoms with Crippen molar-refractivity contribution in [3.05, 3.63) is 0 Å².